The molecule has 0 saturated heterocycles. The van der Waals surface area contributed by atoms with E-state index in [1.807, 2.05) is 20.8 Å². The van der Waals surface area contributed by atoms with E-state index in [2.05, 4.69) is 0 Å². The fourth-order valence-corrected chi connectivity index (χ4v) is 1.78. The number of hydrogen-bond donors (Lipinski definition) is 2. The third-order valence-electron chi connectivity index (χ3n) is 2.45. The van der Waals surface area contributed by atoms with Gasteiger partial charge in [0.25, 0.3) is 0 Å². The predicted molar refractivity (Wildman–Crippen MR) is 71.2 cm³/mol. The Morgan fingerprint density at radius 1 is 1.29 bits per heavy atom. The van der Waals surface area contributed by atoms with Crippen LogP contribution < -0.4 is 11.5 Å². The molecule has 0 aromatic rings. The van der Waals surface area contributed by atoms with Crippen LogP contribution in [0.25, 0.3) is 0 Å². The van der Waals surface area contributed by atoms with Gasteiger partial charge in [-0.1, -0.05) is 25.6 Å². The highest BCUT2D eigenvalue weighted by Crippen LogP contribution is 2.13. The van der Waals surface area contributed by atoms with Crippen LogP contribution in [0.3, 0.4) is 0 Å². The first kappa shape index (κ1) is 15.8. The smallest absolute Gasteiger partial charge is 0.237 e. The highest BCUT2D eigenvalue weighted by Gasteiger charge is 2.28. The summed E-state index contributed by atoms with van der Waals surface area (Å²) in [7, 11) is 0. The molecule has 0 aliphatic rings. The molecule has 0 radical (unpaired) electrons. The standard InChI is InChI=1S/C11H21N3O2S/c1-4-5-8(10(13)17)11(16)14(7(2)3)6-9(12)15/h7-8H,4-6H2,1-3H3,(H2,12,15)(H2,13,17). The van der Waals surface area contributed by atoms with Gasteiger partial charge in [-0.25, -0.2) is 0 Å². The summed E-state index contributed by atoms with van der Waals surface area (Å²) in [6, 6.07) is -0.108. The molecule has 6 heteroatoms. The highest BCUT2D eigenvalue weighted by atomic mass is 32.1. The van der Waals surface area contributed by atoms with Crippen molar-refractivity contribution < 1.29 is 9.59 Å². The minimum Gasteiger partial charge on any atom is -0.393 e. The fourth-order valence-electron chi connectivity index (χ4n) is 1.56. The lowest BCUT2D eigenvalue weighted by Crippen LogP contribution is -2.48. The van der Waals surface area contributed by atoms with Gasteiger partial charge in [0.15, 0.2) is 0 Å². The summed E-state index contributed by atoms with van der Waals surface area (Å²) in [5, 5.41) is 0. The van der Waals surface area contributed by atoms with Gasteiger partial charge in [-0.15, -0.1) is 0 Å². The van der Waals surface area contributed by atoms with Crippen LogP contribution in [0, 0.1) is 5.92 Å². The van der Waals surface area contributed by atoms with E-state index in [-0.39, 0.29) is 23.5 Å². The van der Waals surface area contributed by atoms with Crippen molar-refractivity contribution in [2.45, 2.75) is 39.7 Å². The maximum Gasteiger partial charge on any atom is 0.237 e. The Bertz CT molecular complexity index is 305. The Kier molecular flexibility index (Phi) is 6.72. The van der Waals surface area contributed by atoms with Gasteiger partial charge in [-0.05, 0) is 20.3 Å². The fraction of sp³-hybridized carbons (Fsp3) is 0.727. The van der Waals surface area contributed by atoms with Crippen molar-refractivity contribution in [2.75, 3.05) is 6.54 Å². The van der Waals surface area contributed by atoms with Crippen LogP contribution in [-0.4, -0.2) is 34.3 Å². The molecule has 0 fully saturated rings. The Balaban J connectivity index is 4.90. The van der Waals surface area contributed by atoms with Crippen LogP contribution in [0.2, 0.25) is 0 Å². The summed E-state index contributed by atoms with van der Waals surface area (Å²) in [5.74, 6) is -1.25. The quantitative estimate of drug-likeness (QED) is 0.648. The van der Waals surface area contributed by atoms with E-state index in [1.54, 1.807) is 0 Å². The van der Waals surface area contributed by atoms with Gasteiger partial charge < -0.3 is 16.4 Å². The van der Waals surface area contributed by atoms with Gasteiger partial charge in [-0.3, -0.25) is 9.59 Å². The second-order valence-corrected chi connectivity index (χ2v) is 4.74. The average molecular weight is 259 g/mol. The van der Waals surface area contributed by atoms with Crippen LogP contribution in [0.1, 0.15) is 33.6 Å². The maximum atomic E-state index is 12.2. The van der Waals surface area contributed by atoms with Gasteiger partial charge in [0.05, 0.1) is 17.5 Å². The number of nitrogens with zero attached hydrogens (tertiary/aromatic N) is 1. The summed E-state index contributed by atoms with van der Waals surface area (Å²) < 4.78 is 0. The third kappa shape index (κ3) is 5.12. The topological polar surface area (TPSA) is 89.4 Å². The molecule has 0 bridgehead atoms. The third-order valence-corrected chi connectivity index (χ3v) is 2.74. The highest BCUT2D eigenvalue weighted by molar-refractivity contribution is 7.80. The predicted octanol–water partition coefficient (Wildman–Crippen LogP) is 0.411. The van der Waals surface area contributed by atoms with Crippen molar-refractivity contribution in [2.24, 2.45) is 17.4 Å². The zero-order valence-corrected chi connectivity index (χ0v) is 11.4. The van der Waals surface area contributed by atoms with Crippen molar-refractivity contribution in [3.8, 4) is 0 Å². The van der Waals surface area contributed by atoms with Crippen molar-refractivity contribution in [3.63, 3.8) is 0 Å². The number of nitrogens with two attached hydrogens (primary N) is 2. The summed E-state index contributed by atoms with van der Waals surface area (Å²) in [5.41, 5.74) is 10.7. The lowest BCUT2D eigenvalue weighted by molar-refractivity contribution is -0.138. The molecule has 5 nitrogen and oxygen atoms in total. The maximum absolute atomic E-state index is 12.2. The Morgan fingerprint density at radius 3 is 2.12 bits per heavy atom. The molecule has 98 valence electrons. The minimum atomic E-state index is -0.537. The lowest BCUT2D eigenvalue weighted by Gasteiger charge is -2.29. The first-order chi connectivity index (χ1) is 7.81. The molecule has 0 saturated carbocycles. The normalized spacial score (nSPS) is 12.2. The van der Waals surface area contributed by atoms with Gasteiger partial charge in [0.1, 0.15) is 0 Å². The molecule has 0 aromatic carbocycles. The van der Waals surface area contributed by atoms with E-state index >= 15 is 0 Å². The minimum absolute atomic E-state index is 0.0979. The van der Waals surface area contributed by atoms with Gasteiger partial charge in [-0.2, -0.15) is 0 Å². The Morgan fingerprint density at radius 2 is 1.82 bits per heavy atom. The van der Waals surface area contributed by atoms with E-state index < -0.39 is 11.8 Å². The largest absolute Gasteiger partial charge is 0.393 e. The molecule has 1 unspecified atom stereocenters. The van der Waals surface area contributed by atoms with Crippen LogP contribution in [-0.2, 0) is 9.59 Å². The number of rotatable bonds is 7. The molecule has 0 heterocycles. The molecule has 0 aromatic heterocycles. The monoisotopic (exact) mass is 259 g/mol. The molecule has 2 amide bonds. The number of carbonyl (C=O) groups is 2. The van der Waals surface area contributed by atoms with Crippen molar-refractivity contribution >= 4 is 29.0 Å². The van der Waals surface area contributed by atoms with Gasteiger partial charge in [0, 0.05) is 6.04 Å². The SMILES string of the molecule is CCCC(C(=O)N(CC(N)=O)C(C)C)C(N)=S. The van der Waals surface area contributed by atoms with E-state index in [1.165, 1.54) is 4.90 Å². The molecule has 0 aliphatic heterocycles. The molecule has 0 rings (SSSR count). The zero-order chi connectivity index (χ0) is 13.6. The second-order valence-electron chi connectivity index (χ2n) is 4.27. The van der Waals surface area contributed by atoms with Crippen molar-refractivity contribution in [3.05, 3.63) is 0 Å². The summed E-state index contributed by atoms with van der Waals surface area (Å²) in [6.07, 6.45) is 1.40. The molecule has 4 N–H and O–H groups in total. The van der Waals surface area contributed by atoms with E-state index in [0.717, 1.165) is 6.42 Å². The molecular weight excluding hydrogens is 238 g/mol. The van der Waals surface area contributed by atoms with Crippen molar-refractivity contribution in [1.29, 1.82) is 0 Å². The van der Waals surface area contributed by atoms with Crippen LogP contribution in [0.5, 0.6) is 0 Å². The van der Waals surface area contributed by atoms with Crippen LogP contribution in [0.15, 0.2) is 0 Å². The Labute approximate surface area is 108 Å². The van der Waals surface area contributed by atoms with E-state index in [4.69, 9.17) is 23.7 Å². The van der Waals surface area contributed by atoms with Gasteiger partial charge in [0.2, 0.25) is 11.8 Å². The lowest BCUT2D eigenvalue weighted by atomic mass is 10.0. The average Bonchev–Trinajstić information content (AvgIpc) is 2.20. The molecule has 0 aliphatic carbocycles. The van der Waals surface area contributed by atoms with E-state index in [9.17, 15) is 9.59 Å². The number of thiocarbonyl (C=S) groups is 1. The number of hydrogen-bond acceptors (Lipinski definition) is 3. The number of carbonyl (C=O) groups excluding carboxylic acids is 2. The van der Waals surface area contributed by atoms with Crippen LogP contribution in [0.4, 0.5) is 0 Å². The first-order valence-electron chi connectivity index (χ1n) is 5.69. The second kappa shape index (κ2) is 7.21. The summed E-state index contributed by atoms with van der Waals surface area (Å²) in [4.78, 5) is 24.7. The number of amides is 2. The molecule has 1 atom stereocenters. The summed E-state index contributed by atoms with van der Waals surface area (Å²) in [6.45, 7) is 5.50. The van der Waals surface area contributed by atoms with E-state index in [0.29, 0.717) is 6.42 Å². The first-order valence-corrected chi connectivity index (χ1v) is 6.10. The Hall–Kier alpha value is -1.17. The number of primary amides is 1. The molecular formula is C11H21N3O2S. The molecule has 17 heavy (non-hydrogen) atoms. The molecule has 0 spiro atoms. The summed E-state index contributed by atoms with van der Waals surface area (Å²) >= 11 is 4.89. The van der Waals surface area contributed by atoms with Crippen LogP contribution >= 0.6 is 12.2 Å². The van der Waals surface area contributed by atoms with Crippen molar-refractivity contribution in [1.82, 2.24) is 4.90 Å². The van der Waals surface area contributed by atoms with Gasteiger partial charge >= 0.3 is 0 Å². The zero-order valence-electron chi connectivity index (χ0n) is 10.6.